The largest absolute Gasteiger partial charge is 0.383 e. The molecule has 2 rings (SSSR count). The van der Waals surface area contributed by atoms with Crippen molar-refractivity contribution in [2.45, 2.75) is 13.3 Å². The van der Waals surface area contributed by atoms with Crippen LogP contribution in [0.1, 0.15) is 12.0 Å². The topological polar surface area (TPSA) is 98.0 Å². The monoisotopic (exact) mass is 256 g/mol. The third-order valence-corrected chi connectivity index (χ3v) is 4.84. The number of hydrogen-bond donors (Lipinski definition) is 2. The normalized spacial score (nSPS) is 22.5. The van der Waals surface area contributed by atoms with E-state index in [0.717, 1.165) is 12.0 Å². The Balaban J connectivity index is 1.97. The van der Waals surface area contributed by atoms with Gasteiger partial charge in [0.15, 0.2) is 9.84 Å². The van der Waals surface area contributed by atoms with E-state index in [1.807, 2.05) is 6.92 Å². The number of anilines is 2. The number of hydrogen-bond acceptors (Lipinski definition) is 6. The SMILES string of the molecule is Cc1c(N)ncnc1NCC1CCS(=O)(=O)C1. The van der Waals surface area contributed by atoms with E-state index >= 15 is 0 Å². The molecule has 0 amide bonds. The Kier molecular flexibility index (Phi) is 3.19. The molecule has 0 spiro atoms. The number of nitrogen functional groups attached to an aromatic ring is 1. The number of sulfone groups is 1. The molecule has 1 saturated heterocycles. The van der Waals surface area contributed by atoms with Crippen molar-refractivity contribution in [2.75, 3.05) is 29.1 Å². The maximum atomic E-state index is 11.3. The number of aromatic nitrogens is 2. The number of nitrogens with zero attached hydrogens (tertiary/aromatic N) is 2. The Morgan fingerprint density at radius 2 is 2.29 bits per heavy atom. The zero-order chi connectivity index (χ0) is 12.5. The molecule has 0 aromatic carbocycles. The molecule has 0 aliphatic carbocycles. The van der Waals surface area contributed by atoms with E-state index in [4.69, 9.17) is 5.73 Å². The van der Waals surface area contributed by atoms with Crippen molar-refractivity contribution in [3.05, 3.63) is 11.9 Å². The van der Waals surface area contributed by atoms with Crippen molar-refractivity contribution in [3.63, 3.8) is 0 Å². The summed E-state index contributed by atoms with van der Waals surface area (Å²) in [4.78, 5) is 7.96. The van der Waals surface area contributed by atoms with Gasteiger partial charge in [-0.2, -0.15) is 0 Å². The molecule has 7 heteroatoms. The quantitative estimate of drug-likeness (QED) is 0.802. The van der Waals surface area contributed by atoms with Gasteiger partial charge in [-0.05, 0) is 19.3 Å². The van der Waals surface area contributed by atoms with Crippen molar-refractivity contribution in [1.29, 1.82) is 0 Å². The average molecular weight is 256 g/mol. The molecular formula is C10H16N4O2S. The Labute approximate surface area is 101 Å². The highest BCUT2D eigenvalue weighted by atomic mass is 32.2. The summed E-state index contributed by atoms with van der Waals surface area (Å²) in [6.07, 6.45) is 2.12. The van der Waals surface area contributed by atoms with Crippen LogP contribution >= 0.6 is 0 Å². The van der Waals surface area contributed by atoms with Crippen molar-refractivity contribution >= 4 is 21.5 Å². The van der Waals surface area contributed by atoms with Crippen molar-refractivity contribution in [3.8, 4) is 0 Å². The Morgan fingerprint density at radius 3 is 2.94 bits per heavy atom. The van der Waals surface area contributed by atoms with E-state index in [-0.39, 0.29) is 11.7 Å². The molecule has 1 aliphatic rings. The van der Waals surface area contributed by atoms with Crippen LogP contribution in [0.25, 0.3) is 0 Å². The third kappa shape index (κ3) is 2.85. The lowest BCUT2D eigenvalue weighted by Gasteiger charge is -2.12. The highest BCUT2D eigenvalue weighted by Crippen LogP contribution is 2.20. The van der Waals surface area contributed by atoms with Crippen LogP contribution in [0.4, 0.5) is 11.6 Å². The van der Waals surface area contributed by atoms with Gasteiger partial charge < -0.3 is 11.1 Å². The Bertz CT molecular complexity index is 515. The minimum atomic E-state index is -2.82. The Hall–Kier alpha value is -1.37. The molecule has 0 saturated carbocycles. The van der Waals surface area contributed by atoms with Gasteiger partial charge in [-0.1, -0.05) is 0 Å². The van der Waals surface area contributed by atoms with Crippen LogP contribution in [0, 0.1) is 12.8 Å². The van der Waals surface area contributed by atoms with Gasteiger partial charge >= 0.3 is 0 Å². The summed E-state index contributed by atoms with van der Waals surface area (Å²) >= 11 is 0. The van der Waals surface area contributed by atoms with Crippen LogP contribution in [0.3, 0.4) is 0 Å². The fraction of sp³-hybridized carbons (Fsp3) is 0.600. The first-order chi connectivity index (χ1) is 7.98. The molecule has 94 valence electrons. The van der Waals surface area contributed by atoms with Crippen LogP contribution in [0.2, 0.25) is 0 Å². The van der Waals surface area contributed by atoms with Crippen LogP contribution < -0.4 is 11.1 Å². The van der Waals surface area contributed by atoms with Crippen molar-refractivity contribution in [1.82, 2.24) is 9.97 Å². The lowest BCUT2D eigenvalue weighted by Crippen LogP contribution is -2.17. The van der Waals surface area contributed by atoms with E-state index in [2.05, 4.69) is 15.3 Å². The van der Waals surface area contributed by atoms with E-state index in [9.17, 15) is 8.42 Å². The van der Waals surface area contributed by atoms with E-state index < -0.39 is 9.84 Å². The second kappa shape index (κ2) is 4.48. The molecule has 1 aliphatic heterocycles. The van der Waals surface area contributed by atoms with Crippen LogP contribution in [0.5, 0.6) is 0 Å². The second-order valence-corrected chi connectivity index (χ2v) is 6.61. The summed E-state index contributed by atoms with van der Waals surface area (Å²) in [6.45, 7) is 2.44. The fourth-order valence-corrected chi connectivity index (χ4v) is 3.78. The number of rotatable bonds is 3. The van der Waals surface area contributed by atoms with Crippen molar-refractivity contribution < 1.29 is 8.42 Å². The van der Waals surface area contributed by atoms with Gasteiger partial charge in [-0.25, -0.2) is 18.4 Å². The summed E-state index contributed by atoms with van der Waals surface area (Å²) < 4.78 is 22.6. The van der Waals surface area contributed by atoms with Gasteiger partial charge in [0.05, 0.1) is 11.5 Å². The average Bonchev–Trinajstić information content (AvgIpc) is 2.61. The summed E-state index contributed by atoms with van der Waals surface area (Å²) in [7, 11) is -2.82. The van der Waals surface area contributed by atoms with Crippen molar-refractivity contribution in [2.24, 2.45) is 5.92 Å². The summed E-state index contributed by atoms with van der Waals surface area (Å²) in [6, 6.07) is 0. The lowest BCUT2D eigenvalue weighted by atomic mass is 10.1. The van der Waals surface area contributed by atoms with Gasteiger partial charge in [-0.3, -0.25) is 0 Å². The molecule has 3 N–H and O–H groups in total. The van der Waals surface area contributed by atoms with E-state index in [1.165, 1.54) is 6.33 Å². The minimum absolute atomic E-state index is 0.163. The zero-order valence-electron chi connectivity index (χ0n) is 9.68. The van der Waals surface area contributed by atoms with E-state index in [0.29, 0.717) is 23.9 Å². The molecule has 1 aromatic rings. The highest BCUT2D eigenvalue weighted by molar-refractivity contribution is 7.91. The first kappa shape index (κ1) is 12.1. The molecule has 2 heterocycles. The van der Waals surface area contributed by atoms with Crippen LogP contribution in [-0.4, -0.2) is 36.4 Å². The summed E-state index contributed by atoms with van der Waals surface area (Å²) in [5.41, 5.74) is 6.46. The highest BCUT2D eigenvalue weighted by Gasteiger charge is 2.27. The number of nitrogens with two attached hydrogens (primary N) is 1. The smallest absolute Gasteiger partial charge is 0.150 e. The number of nitrogens with one attached hydrogen (secondary N) is 1. The predicted octanol–water partition coefficient (Wildman–Crippen LogP) is 0.214. The molecule has 17 heavy (non-hydrogen) atoms. The van der Waals surface area contributed by atoms with Gasteiger partial charge in [0.1, 0.15) is 18.0 Å². The zero-order valence-corrected chi connectivity index (χ0v) is 10.5. The maximum absolute atomic E-state index is 11.3. The summed E-state index contributed by atoms with van der Waals surface area (Å²) in [5, 5.41) is 3.14. The maximum Gasteiger partial charge on any atom is 0.150 e. The first-order valence-corrected chi connectivity index (χ1v) is 7.31. The van der Waals surface area contributed by atoms with Crippen LogP contribution in [0.15, 0.2) is 6.33 Å². The van der Waals surface area contributed by atoms with Gasteiger partial charge in [0, 0.05) is 12.1 Å². The lowest BCUT2D eigenvalue weighted by molar-refractivity contribution is 0.595. The predicted molar refractivity (Wildman–Crippen MR) is 66.4 cm³/mol. The molecule has 0 bridgehead atoms. The third-order valence-electron chi connectivity index (χ3n) is 3.01. The molecule has 1 unspecified atom stereocenters. The van der Waals surface area contributed by atoms with E-state index in [1.54, 1.807) is 0 Å². The molecule has 1 atom stereocenters. The van der Waals surface area contributed by atoms with Crippen LogP contribution in [-0.2, 0) is 9.84 Å². The van der Waals surface area contributed by atoms with Gasteiger partial charge in [0.2, 0.25) is 0 Å². The van der Waals surface area contributed by atoms with Gasteiger partial charge in [0.25, 0.3) is 0 Å². The molecular weight excluding hydrogens is 240 g/mol. The summed E-state index contributed by atoms with van der Waals surface area (Å²) in [5.74, 6) is 1.85. The fourth-order valence-electron chi connectivity index (χ4n) is 1.92. The molecule has 1 aromatic heterocycles. The minimum Gasteiger partial charge on any atom is -0.383 e. The Morgan fingerprint density at radius 1 is 1.53 bits per heavy atom. The standard InChI is InChI=1S/C10H16N4O2S/c1-7-9(11)13-6-14-10(7)12-4-8-2-3-17(15,16)5-8/h6,8H,2-5H2,1H3,(H3,11,12,13,14). The molecule has 6 nitrogen and oxygen atoms in total. The first-order valence-electron chi connectivity index (χ1n) is 5.49. The van der Waals surface area contributed by atoms with Gasteiger partial charge in [-0.15, -0.1) is 0 Å². The molecule has 0 radical (unpaired) electrons. The second-order valence-electron chi connectivity index (χ2n) is 4.38. The molecule has 1 fully saturated rings.